The van der Waals surface area contributed by atoms with Crippen molar-refractivity contribution in [2.45, 2.75) is 0 Å². The molecule has 3 N–H and O–H groups in total. The lowest BCUT2D eigenvalue weighted by atomic mass is 10.2. The summed E-state index contributed by atoms with van der Waals surface area (Å²) in [6, 6.07) is 8.94. The highest BCUT2D eigenvalue weighted by atomic mass is 79.9. The molecule has 19 heavy (non-hydrogen) atoms. The highest BCUT2D eigenvalue weighted by Gasteiger charge is 2.14. The van der Waals surface area contributed by atoms with E-state index < -0.39 is 5.91 Å². The maximum Gasteiger partial charge on any atom is 0.293 e. The number of hydrogen-bond donors (Lipinski definition) is 2. The first-order chi connectivity index (χ1) is 8.97. The predicted octanol–water partition coefficient (Wildman–Crippen LogP) is 3.45. The number of benzene rings is 1. The standard InChI is InChI=1S/C12H8Br2N2O2S/c13-6-1-2-7(8(14)5-6)9-3-4-10(18-9)11(17)16-12(15)19/h1-5H,(H3,15,16,17,19). The first-order valence-corrected chi connectivity index (χ1v) is 7.13. The van der Waals surface area contributed by atoms with E-state index in [0.717, 1.165) is 14.5 Å². The Morgan fingerprint density at radius 1 is 1.26 bits per heavy atom. The van der Waals surface area contributed by atoms with E-state index in [1.165, 1.54) is 0 Å². The Bertz CT molecular complexity index is 655. The van der Waals surface area contributed by atoms with E-state index in [0.29, 0.717) is 5.76 Å². The van der Waals surface area contributed by atoms with Gasteiger partial charge >= 0.3 is 0 Å². The third-order valence-corrected chi connectivity index (χ3v) is 3.51. The van der Waals surface area contributed by atoms with Crippen LogP contribution in [0.5, 0.6) is 0 Å². The molecule has 1 amide bonds. The highest BCUT2D eigenvalue weighted by molar-refractivity contribution is 9.11. The van der Waals surface area contributed by atoms with Gasteiger partial charge in [-0.25, -0.2) is 0 Å². The van der Waals surface area contributed by atoms with E-state index in [4.69, 9.17) is 10.2 Å². The summed E-state index contributed by atoms with van der Waals surface area (Å²) in [7, 11) is 0. The van der Waals surface area contributed by atoms with Crippen LogP contribution in [0.1, 0.15) is 10.6 Å². The predicted molar refractivity (Wildman–Crippen MR) is 83.8 cm³/mol. The lowest BCUT2D eigenvalue weighted by molar-refractivity contribution is 0.0951. The van der Waals surface area contributed by atoms with Crippen LogP contribution in [0, 0.1) is 0 Å². The third-order valence-electron chi connectivity index (χ3n) is 2.26. The molecule has 1 aromatic carbocycles. The van der Waals surface area contributed by atoms with Crippen LogP contribution >= 0.6 is 44.1 Å². The number of carbonyl (C=O) groups excluding carboxylic acids is 1. The molecular weight excluding hydrogens is 396 g/mol. The van der Waals surface area contributed by atoms with Crippen molar-refractivity contribution in [3.8, 4) is 11.3 Å². The first-order valence-electron chi connectivity index (χ1n) is 5.13. The van der Waals surface area contributed by atoms with Gasteiger partial charge < -0.3 is 10.2 Å². The van der Waals surface area contributed by atoms with Gasteiger partial charge in [0.2, 0.25) is 0 Å². The summed E-state index contributed by atoms with van der Waals surface area (Å²) < 4.78 is 7.28. The number of furan rings is 1. The van der Waals surface area contributed by atoms with E-state index in [2.05, 4.69) is 49.4 Å². The van der Waals surface area contributed by atoms with Crippen molar-refractivity contribution in [3.63, 3.8) is 0 Å². The maximum atomic E-state index is 11.6. The molecule has 0 unspecified atom stereocenters. The zero-order valence-corrected chi connectivity index (χ0v) is 13.4. The molecule has 4 nitrogen and oxygen atoms in total. The van der Waals surface area contributed by atoms with Crippen molar-refractivity contribution in [1.29, 1.82) is 0 Å². The molecule has 7 heteroatoms. The van der Waals surface area contributed by atoms with Gasteiger partial charge in [0.05, 0.1) is 0 Å². The molecule has 0 aliphatic rings. The second kappa shape index (κ2) is 5.85. The van der Waals surface area contributed by atoms with Gasteiger partial charge in [-0.2, -0.15) is 0 Å². The SMILES string of the molecule is NC(=S)NC(=O)c1ccc(-c2ccc(Br)cc2Br)o1. The lowest BCUT2D eigenvalue weighted by Crippen LogP contribution is -2.34. The zero-order chi connectivity index (χ0) is 14.0. The Balaban J connectivity index is 2.30. The minimum atomic E-state index is -0.466. The molecule has 2 aromatic rings. The van der Waals surface area contributed by atoms with Crippen molar-refractivity contribution in [2.75, 3.05) is 0 Å². The fraction of sp³-hybridized carbons (Fsp3) is 0. The van der Waals surface area contributed by atoms with Gasteiger partial charge in [0.15, 0.2) is 10.9 Å². The zero-order valence-electron chi connectivity index (χ0n) is 9.44. The summed E-state index contributed by atoms with van der Waals surface area (Å²) in [6.45, 7) is 0. The first kappa shape index (κ1) is 14.2. The fourth-order valence-electron chi connectivity index (χ4n) is 1.47. The van der Waals surface area contributed by atoms with Gasteiger partial charge in [0, 0.05) is 14.5 Å². The van der Waals surface area contributed by atoms with E-state index in [1.807, 2.05) is 18.2 Å². The smallest absolute Gasteiger partial charge is 0.293 e. The molecule has 2 rings (SSSR count). The molecular formula is C12H8Br2N2O2S. The van der Waals surface area contributed by atoms with Gasteiger partial charge in [-0.3, -0.25) is 10.1 Å². The normalized spacial score (nSPS) is 10.2. The Morgan fingerprint density at radius 3 is 2.63 bits per heavy atom. The van der Waals surface area contributed by atoms with Crippen LogP contribution in [-0.4, -0.2) is 11.0 Å². The Kier molecular flexibility index (Phi) is 4.38. The number of hydrogen-bond acceptors (Lipinski definition) is 3. The molecule has 1 heterocycles. The molecule has 1 aromatic heterocycles. The van der Waals surface area contributed by atoms with Crippen molar-refractivity contribution in [2.24, 2.45) is 5.73 Å². The van der Waals surface area contributed by atoms with Crippen LogP contribution in [0.25, 0.3) is 11.3 Å². The van der Waals surface area contributed by atoms with E-state index in [-0.39, 0.29) is 10.9 Å². The summed E-state index contributed by atoms with van der Waals surface area (Å²) in [5.74, 6) is 0.261. The number of carbonyl (C=O) groups is 1. The number of thiocarbonyl (C=S) groups is 1. The van der Waals surface area contributed by atoms with E-state index in [1.54, 1.807) is 12.1 Å². The van der Waals surface area contributed by atoms with Crippen LogP contribution in [0.2, 0.25) is 0 Å². The number of halogens is 2. The van der Waals surface area contributed by atoms with Crippen LogP contribution < -0.4 is 11.1 Å². The molecule has 98 valence electrons. The Morgan fingerprint density at radius 2 is 2.00 bits per heavy atom. The molecule has 0 atom stereocenters. The quantitative estimate of drug-likeness (QED) is 0.753. The average Bonchev–Trinajstić information content (AvgIpc) is 2.77. The number of nitrogens with two attached hydrogens (primary N) is 1. The van der Waals surface area contributed by atoms with Crippen molar-refractivity contribution in [1.82, 2.24) is 5.32 Å². The van der Waals surface area contributed by atoms with Gasteiger partial charge in [0.1, 0.15) is 5.76 Å². The largest absolute Gasteiger partial charge is 0.451 e. The van der Waals surface area contributed by atoms with Crippen molar-refractivity contribution in [3.05, 3.63) is 45.0 Å². The molecule has 0 bridgehead atoms. The van der Waals surface area contributed by atoms with Gasteiger partial charge in [0.25, 0.3) is 5.91 Å². The van der Waals surface area contributed by atoms with Gasteiger partial charge in [-0.05, 0) is 58.5 Å². The number of rotatable bonds is 2. The van der Waals surface area contributed by atoms with E-state index >= 15 is 0 Å². The topological polar surface area (TPSA) is 68.3 Å². The second-order valence-corrected chi connectivity index (χ2v) is 5.82. The van der Waals surface area contributed by atoms with Gasteiger partial charge in [-0.15, -0.1) is 0 Å². The summed E-state index contributed by atoms with van der Waals surface area (Å²) in [6.07, 6.45) is 0. The van der Waals surface area contributed by atoms with Crippen LogP contribution in [-0.2, 0) is 0 Å². The van der Waals surface area contributed by atoms with Gasteiger partial charge in [-0.1, -0.05) is 15.9 Å². The molecule has 0 spiro atoms. The highest BCUT2D eigenvalue weighted by Crippen LogP contribution is 2.31. The molecule has 0 saturated heterocycles. The minimum Gasteiger partial charge on any atom is -0.451 e. The number of nitrogens with one attached hydrogen (secondary N) is 1. The van der Waals surface area contributed by atoms with Crippen LogP contribution in [0.15, 0.2) is 43.7 Å². The summed E-state index contributed by atoms with van der Waals surface area (Å²) in [4.78, 5) is 11.6. The molecule has 0 radical (unpaired) electrons. The fourth-order valence-corrected chi connectivity index (χ4v) is 2.80. The molecule has 0 aliphatic heterocycles. The molecule has 0 aliphatic carbocycles. The van der Waals surface area contributed by atoms with Crippen molar-refractivity contribution >= 4 is 55.1 Å². The average molecular weight is 404 g/mol. The Hall–Kier alpha value is -1.18. The summed E-state index contributed by atoms with van der Waals surface area (Å²) in [5, 5.41) is 2.21. The molecule has 0 saturated carbocycles. The third kappa shape index (κ3) is 3.43. The monoisotopic (exact) mass is 402 g/mol. The summed E-state index contributed by atoms with van der Waals surface area (Å²) >= 11 is 11.4. The van der Waals surface area contributed by atoms with E-state index in [9.17, 15) is 4.79 Å². The minimum absolute atomic E-state index is 0.0900. The lowest BCUT2D eigenvalue weighted by Gasteiger charge is -2.02. The number of amides is 1. The van der Waals surface area contributed by atoms with Crippen LogP contribution in [0.3, 0.4) is 0 Å². The van der Waals surface area contributed by atoms with Crippen molar-refractivity contribution < 1.29 is 9.21 Å². The summed E-state index contributed by atoms with van der Waals surface area (Å²) in [5.41, 5.74) is 6.08. The molecule has 0 fully saturated rings. The van der Waals surface area contributed by atoms with Crippen LogP contribution in [0.4, 0.5) is 0 Å². The maximum absolute atomic E-state index is 11.6. The second-order valence-electron chi connectivity index (χ2n) is 3.61. The Labute approximate surface area is 131 Å².